The maximum Gasteiger partial charge on any atom is 0.139 e. The second kappa shape index (κ2) is 8.64. The highest BCUT2D eigenvalue weighted by molar-refractivity contribution is 7.97. The number of aliphatic hydroxyl groups is 1. The Labute approximate surface area is 186 Å². The minimum Gasteiger partial charge on any atom is -0.390 e. The van der Waals surface area contributed by atoms with Crippen LogP contribution in [0.5, 0.6) is 0 Å². The molecule has 1 aliphatic carbocycles. The van der Waals surface area contributed by atoms with Gasteiger partial charge in [0.2, 0.25) is 0 Å². The summed E-state index contributed by atoms with van der Waals surface area (Å²) < 4.78 is 3.44. The molecular weight excluding hydrogens is 430 g/mol. The van der Waals surface area contributed by atoms with Gasteiger partial charge in [-0.25, -0.2) is 15.0 Å². The first-order valence-electron chi connectivity index (χ1n) is 9.80. The average Bonchev–Trinajstić information content (AvgIpc) is 3.44. The summed E-state index contributed by atoms with van der Waals surface area (Å²) in [6.45, 7) is -0.0706. The molecular formula is C21H19N7OS2. The first-order valence-corrected chi connectivity index (χ1v) is 11.5. The van der Waals surface area contributed by atoms with Crippen molar-refractivity contribution < 1.29 is 5.11 Å². The summed E-state index contributed by atoms with van der Waals surface area (Å²) in [7, 11) is 0. The molecule has 1 aliphatic rings. The number of rotatable bonds is 7. The van der Waals surface area contributed by atoms with Gasteiger partial charge in [0, 0.05) is 41.4 Å². The van der Waals surface area contributed by atoms with E-state index in [4.69, 9.17) is 5.26 Å². The lowest BCUT2D eigenvalue weighted by atomic mass is 9.87. The van der Waals surface area contributed by atoms with Crippen molar-refractivity contribution in [3.8, 4) is 16.6 Å². The number of H-pyrrole nitrogens is 1. The summed E-state index contributed by atoms with van der Waals surface area (Å²) >= 11 is 2.97. The smallest absolute Gasteiger partial charge is 0.139 e. The number of aromatic nitrogens is 4. The van der Waals surface area contributed by atoms with Gasteiger partial charge >= 0.3 is 0 Å². The zero-order valence-corrected chi connectivity index (χ0v) is 18.0. The Bertz CT molecular complexity index is 1260. The highest BCUT2D eigenvalue weighted by Gasteiger charge is 2.30. The molecule has 5 rings (SSSR count). The number of aromatic amines is 1. The summed E-state index contributed by atoms with van der Waals surface area (Å²) in [6, 6.07) is 8.33. The van der Waals surface area contributed by atoms with E-state index in [-0.39, 0.29) is 6.61 Å². The highest BCUT2D eigenvalue weighted by Crippen LogP contribution is 2.37. The summed E-state index contributed by atoms with van der Waals surface area (Å²) in [6.07, 6.45) is 7.31. The molecule has 0 spiro atoms. The van der Waals surface area contributed by atoms with E-state index in [1.165, 1.54) is 23.3 Å². The number of nitriles is 1. The summed E-state index contributed by atoms with van der Waals surface area (Å²) in [5.41, 5.74) is 4.07. The van der Waals surface area contributed by atoms with E-state index in [1.807, 2.05) is 23.8 Å². The van der Waals surface area contributed by atoms with Crippen LogP contribution in [0.3, 0.4) is 0 Å². The topological polar surface area (TPSA) is 123 Å². The molecule has 0 radical (unpaired) electrons. The number of pyridine rings is 2. The SMILES string of the molecule is N#Cc1ccnc(SN[C@H]2C[C@@H](Nc3c(-c4nc(CO)cs4)cnc4[nH]ccc34)C2)c1. The number of hydrogen-bond acceptors (Lipinski definition) is 9. The number of fused-ring (bicyclic) bond motifs is 1. The minimum atomic E-state index is -0.0706. The van der Waals surface area contributed by atoms with Gasteiger partial charge in [0.05, 0.1) is 35.2 Å². The van der Waals surface area contributed by atoms with E-state index in [1.54, 1.807) is 18.3 Å². The van der Waals surface area contributed by atoms with Crippen molar-refractivity contribution in [2.24, 2.45) is 0 Å². The molecule has 0 unspecified atom stereocenters. The van der Waals surface area contributed by atoms with E-state index >= 15 is 0 Å². The number of thiazole rings is 1. The molecule has 0 saturated heterocycles. The number of aliphatic hydroxyl groups excluding tert-OH is 1. The molecule has 4 aromatic rings. The Balaban J connectivity index is 1.27. The predicted molar refractivity (Wildman–Crippen MR) is 122 cm³/mol. The highest BCUT2D eigenvalue weighted by atomic mass is 32.2. The molecule has 0 bridgehead atoms. The summed E-state index contributed by atoms with van der Waals surface area (Å²) in [5, 5.41) is 26.6. The molecule has 4 heterocycles. The number of hydrogen-bond donors (Lipinski definition) is 4. The van der Waals surface area contributed by atoms with Crippen LogP contribution in [0.15, 0.2) is 47.2 Å². The lowest BCUT2D eigenvalue weighted by Gasteiger charge is -2.37. The first kappa shape index (κ1) is 20.0. The molecule has 10 heteroatoms. The summed E-state index contributed by atoms with van der Waals surface area (Å²) in [4.78, 5) is 16.5. The van der Waals surface area contributed by atoms with Crippen LogP contribution in [0.1, 0.15) is 24.1 Å². The van der Waals surface area contributed by atoms with Crippen LogP contribution in [0.2, 0.25) is 0 Å². The van der Waals surface area contributed by atoms with Crippen molar-refractivity contribution >= 4 is 40.0 Å². The zero-order valence-electron chi connectivity index (χ0n) is 16.4. The van der Waals surface area contributed by atoms with Gasteiger partial charge < -0.3 is 15.4 Å². The van der Waals surface area contributed by atoms with Gasteiger partial charge in [0.1, 0.15) is 15.7 Å². The van der Waals surface area contributed by atoms with E-state index in [9.17, 15) is 5.11 Å². The van der Waals surface area contributed by atoms with Crippen LogP contribution in [0.4, 0.5) is 5.69 Å². The fourth-order valence-corrected chi connectivity index (χ4v) is 5.15. The van der Waals surface area contributed by atoms with Gasteiger partial charge in [-0.3, -0.25) is 4.72 Å². The third-order valence-corrected chi connectivity index (χ3v) is 7.02. The fourth-order valence-electron chi connectivity index (χ4n) is 3.54. The molecule has 31 heavy (non-hydrogen) atoms. The molecule has 8 nitrogen and oxygen atoms in total. The van der Waals surface area contributed by atoms with Crippen molar-refractivity contribution in [1.29, 1.82) is 5.26 Å². The van der Waals surface area contributed by atoms with Crippen LogP contribution in [0, 0.1) is 11.3 Å². The standard InChI is InChI=1S/C21H19N7OS2/c22-8-12-1-3-23-18(5-12)31-28-14-6-13(7-14)26-19-16-2-4-24-20(16)25-9-17(19)21-27-15(10-29)11-30-21/h1-5,9,11,13-14,28-29H,6-7,10H2,(H2,24,25,26)/t13-,14+. The van der Waals surface area contributed by atoms with Crippen LogP contribution < -0.4 is 10.0 Å². The Morgan fingerprint density at radius 2 is 2.19 bits per heavy atom. The molecule has 4 N–H and O–H groups in total. The van der Waals surface area contributed by atoms with Gasteiger partial charge in [-0.2, -0.15) is 5.26 Å². The molecule has 0 atom stereocenters. The van der Waals surface area contributed by atoms with Gasteiger partial charge in [0.25, 0.3) is 0 Å². The van der Waals surface area contributed by atoms with Crippen LogP contribution in [0.25, 0.3) is 21.6 Å². The Morgan fingerprint density at radius 3 is 3.00 bits per heavy atom. The van der Waals surface area contributed by atoms with E-state index in [0.29, 0.717) is 23.3 Å². The molecule has 0 aromatic carbocycles. The Morgan fingerprint density at radius 1 is 1.29 bits per heavy atom. The van der Waals surface area contributed by atoms with Crippen LogP contribution in [-0.2, 0) is 6.61 Å². The third-order valence-electron chi connectivity index (χ3n) is 5.21. The van der Waals surface area contributed by atoms with Gasteiger partial charge in [-0.15, -0.1) is 11.3 Å². The lowest BCUT2D eigenvalue weighted by molar-refractivity contribution is 0.278. The predicted octanol–water partition coefficient (Wildman–Crippen LogP) is 3.69. The average molecular weight is 450 g/mol. The van der Waals surface area contributed by atoms with Crippen molar-refractivity contribution in [3.63, 3.8) is 0 Å². The number of anilines is 1. The number of nitrogens with zero attached hydrogens (tertiary/aromatic N) is 4. The molecule has 0 aliphatic heterocycles. The van der Waals surface area contributed by atoms with E-state index < -0.39 is 0 Å². The van der Waals surface area contributed by atoms with Crippen molar-refractivity contribution in [3.05, 3.63) is 53.4 Å². The van der Waals surface area contributed by atoms with Gasteiger partial charge in [0.15, 0.2) is 0 Å². The Hall–Kier alpha value is -2.97. The quantitative estimate of drug-likeness (QED) is 0.315. The van der Waals surface area contributed by atoms with Crippen molar-refractivity contribution in [1.82, 2.24) is 24.7 Å². The largest absolute Gasteiger partial charge is 0.390 e. The maximum atomic E-state index is 9.37. The minimum absolute atomic E-state index is 0.0706. The molecule has 156 valence electrons. The second-order valence-corrected chi connectivity index (χ2v) is 9.03. The first-order chi connectivity index (χ1) is 15.2. The Kier molecular flexibility index (Phi) is 5.57. The van der Waals surface area contributed by atoms with Crippen LogP contribution >= 0.6 is 23.3 Å². The number of nitrogens with one attached hydrogen (secondary N) is 3. The molecule has 0 amide bonds. The van der Waals surface area contributed by atoms with Gasteiger partial charge in [-0.05, 0) is 43.0 Å². The normalized spacial score (nSPS) is 17.9. The van der Waals surface area contributed by atoms with Gasteiger partial charge in [-0.1, -0.05) is 0 Å². The van der Waals surface area contributed by atoms with Crippen molar-refractivity contribution in [2.45, 2.75) is 36.6 Å². The van der Waals surface area contributed by atoms with E-state index in [2.05, 4.69) is 36.0 Å². The monoisotopic (exact) mass is 449 g/mol. The second-order valence-electron chi connectivity index (χ2n) is 7.31. The molecule has 4 aromatic heterocycles. The molecule has 1 saturated carbocycles. The van der Waals surface area contributed by atoms with Crippen LogP contribution in [-0.4, -0.2) is 37.1 Å². The third kappa shape index (κ3) is 4.13. The maximum absolute atomic E-state index is 9.37. The summed E-state index contributed by atoms with van der Waals surface area (Å²) in [5.74, 6) is 0. The zero-order chi connectivity index (χ0) is 21.2. The van der Waals surface area contributed by atoms with Crippen molar-refractivity contribution in [2.75, 3.05) is 5.32 Å². The molecule has 1 fully saturated rings. The lowest BCUT2D eigenvalue weighted by Crippen LogP contribution is -2.45. The van der Waals surface area contributed by atoms with E-state index in [0.717, 1.165) is 45.2 Å². The fraction of sp³-hybridized carbons (Fsp3) is 0.238.